The molecule has 120 valence electrons. The Morgan fingerprint density at radius 3 is 2.78 bits per heavy atom. The van der Waals surface area contributed by atoms with Crippen LogP contribution in [0.5, 0.6) is 17.2 Å². The molecule has 0 atom stereocenters. The number of ether oxygens (including phenoxy) is 1. The summed E-state index contributed by atoms with van der Waals surface area (Å²) in [7, 11) is 0. The molecule has 0 spiro atoms. The van der Waals surface area contributed by atoms with E-state index in [0.717, 1.165) is 0 Å². The minimum atomic E-state index is -0.538. The molecule has 0 heterocycles. The summed E-state index contributed by atoms with van der Waals surface area (Å²) >= 11 is 0. The zero-order valence-electron chi connectivity index (χ0n) is 12.5. The number of hydrogen-bond acceptors (Lipinski definition) is 6. The van der Waals surface area contributed by atoms with Crippen molar-refractivity contribution in [3.05, 3.63) is 57.6 Å². The molecule has 0 aromatic heterocycles. The number of aliphatic imine (C=N–C) groups is 1. The van der Waals surface area contributed by atoms with Crippen molar-refractivity contribution in [3.8, 4) is 17.2 Å². The Kier molecular flexibility index (Phi) is 5.14. The average molecular weight is 316 g/mol. The number of phenolic OH excluding ortho intramolecular Hbond substituents is 2. The molecule has 0 aliphatic carbocycles. The van der Waals surface area contributed by atoms with Gasteiger partial charge in [0.05, 0.1) is 18.1 Å². The summed E-state index contributed by atoms with van der Waals surface area (Å²) in [4.78, 5) is 14.3. The highest BCUT2D eigenvalue weighted by Gasteiger charge is 2.10. The third-order valence-electron chi connectivity index (χ3n) is 3.10. The van der Waals surface area contributed by atoms with Crippen LogP contribution >= 0.6 is 0 Å². The number of rotatable bonds is 6. The molecule has 0 unspecified atom stereocenters. The zero-order chi connectivity index (χ0) is 16.8. The number of non-ortho nitro benzene ring substituents is 1. The van der Waals surface area contributed by atoms with Gasteiger partial charge in [-0.15, -0.1) is 0 Å². The standard InChI is InChI=1S/C16H16N2O5/c1-2-23-15-5-3-4-11(16(15)20)9-17-10-12-8-13(18(21)22)6-7-14(12)19/h3-9,19-20H,2,10H2,1H3. The third kappa shape index (κ3) is 3.97. The Morgan fingerprint density at radius 2 is 2.09 bits per heavy atom. The van der Waals surface area contributed by atoms with Crippen LogP contribution in [0.15, 0.2) is 41.4 Å². The first-order valence-corrected chi connectivity index (χ1v) is 6.93. The topological polar surface area (TPSA) is 105 Å². The quantitative estimate of drug-likeness (QED) is 0.484. The van der Waals surface area contributed by atoms with Crippen LogP contribution in [-0.2, 0) is 6.54 Å². The predicted molar refractivity (Wildman–Crippen MR) is 85.3 cm³/mol. The molecule has 0 aliphatic rings. The highest BCUT2D eigenvalue weighted by atomic mass is 16.6. The van der Waals surface area contributed by atoms with Crippen molar-refractivity contribution in [2.24, 2.45) is 4.99 Å². The number of nitrogens with zero attached hydrogens (tertiary/aromatic N) is 2. The molecule has 2 rings (SSSR count). The van der Waals surface area contributed by atoms with Gasteiger partial charge in [-0.3, -0.25) is 15.1 Å². The number of benzene rings is 2. The van der Waals surface area contributed by atoms with Crippen molar-refractivity contribution in [2.75, 3.05) is 6.61 Å². The van der Waals surface area contributed by atoms with E-state index in [1.54, 1.807) is 18.2 Å². The zero-order valence-corrected chi connectivity index (χ0v) is 12.5. The summed E-state index contributed by atoms with van der Waals surface area (Å²) in [5.41, 5.74) is 0.672. The molecular formula is C16H16N2O5. The summed E-state index contributed by atoms with van der Waals surface area (Å²) in [6.45, 7) is 2.28. The van der Waals surface area contributed by atoms with E-state index in [1.165, 1.54) is 24.4 Å². The lowest BCUT2D eigenvalue weighted by Gasteiger charge is -2.07. The van der Waals surface area contributed by atoms with E-state index in [-0.39, 0.29) is 23.7 Å². The van der Waals surface area contributed by atoms with Crippen LogP contribution in [0.2, 0.25) is 0 Å². The maximum absolute atomic E-state index is 10.7. The Balaban J connectivity index is 2.18. The van der Waals surface area contributed by atoms with Gasteiger partial charge < -0.3 is 14.9 Å². The van der Waals surface area contributed by atoms with Crippen molar-refractivity contribution in [1.29, 1.82) is 0 Å². The first-order chi connectivity index (χ1) is 11.0. The van der Waals surface area contributed by atoms with Crippen LogP contribution in [0.3, 0.4) is 0 Å². The monoisotopic (exact) mass is 316 g/mol. The van der Waals surface area contributed by atoms with Crippen LogP contribution in [-0.4, -0.2) is 28.0 Å². The Bertz CT molecular complexity index is 743. The molecule has 2 aromatic carbocycles. The molecule has 0 amide bonds. The third-order valence-corrected chi connectivity index (χ3v) is 3.10. The van der Waals surface area contributed by atoms with Gasteiger partial charge in [0.2, 0.25) is 0 Å². The van der Waals surface area contributed by atoms with Crippen molar-refractivity contribution >= 4 is 11.9 Å². The van der Waals surface area contributed by atoms with Crippen molar-refractivity contribution in [3.63, 3.8) is 0 Å². The van der Waals surface area contributed by atoms with Gasteiger partial charge >= 0.3 is 0 Å². The highest BCUT2D eigenvalue weighted by molar-refractivity contribution is 5.84. The largest absolute Gasteiger partial charge is 0.508 e. The lowest BCUT2D eigenvalue weighted by molar-refractivity contribution is -0.384. The van der Waals surface area contributed by atoms with Crippen molar-refractivity contribution in [2.45, 2.75) is 13.5 Å². The van der Waals surface area contributed by atoms with E-state index in [4.69, 9.17) is 4.74 Å². The summed E-state index contributed by atoms with van der Waals surface area (Å²) in [5.74, 6) is 0.260. The molecule has 0 saturated heterocycles. The maximum atomic E-state index is 10.7. The van der Waals surface area contributed by atoms with E-state index in [2.05, 4.69) is 4.99 Å². The van der Waals surface area contributed by atoms with E-state index >= 15 is 0 Å². The number of hydrogen-bond donors (Lipinski definition) is 2. The first-order valence-electron chi connectivity index (χ1n) is 6.93. The number of nitro benzene ring substituents is 1. The van der Waals surface area contributed by atoms with Gasteiger partial charge in [0.15, 0.2) is 11.5 Å². The molecule has 7 heteroatoms. The Labute approximate surface area is 132 Å². The average Bonchev–Trinajstić information content (AvgIpc) is 2.52. The summed E-state index contributed by atoms with van der Waals surface area (Å²) in [6, 6.07) is 8.77. The van der Waals surface area contributed by atoms with E-state index < -0.39 is 4.92 Å². The van der Waals surface area contributed by atoms with Gasteiger partial charge in [-0.05, 0) is 25.1 Å². The Morgan fingerprint density at radius 1 is 1.30 bits per heavy atom. The smallest absolute Gasteiger partial charge is 0.270 e. The normalized spacial score (nSPS) is 10.8. The molecule has 0 aliphatic heterocycles. The fraction of sp³-hybridized carbons (Fsp3) is 0.188. The minimum absolute atomic E-state index is 0.0265. The lowest BCUT2D eigenvalue weighted by Crippen LogP contribution is -1.94. The van der Waals surface area contributed by atoms with Gasteiger partial charge in [-0.1, -0.05) is 6.07 Å². The number of phenols is 2. The second-order valence-corrected chi connectivity index (χ2v) is 4.67. The molecule has 2 N–H and O–H groups in total. The van der Waals surface area contributed by atoms with Crippen LogP contribution in [0.25, 0.3) is 0 Å². The first kappa shape index (κ1) is 16.3. The predicted octanol–water partition coefficient (Wildman–Crippen LogP) is 3.02. The fourth-order valence-corrected chi connectivity index (χ4v) is 1.97. The molecule has 0 saturated carbocycles. The summed E-state index contributed by atoms with van der Waals surface area (Å²) in [5, 5.41) is 30.5. The fourth-order valence-electron chi connectivity index (χ4n) is 1.97. The molecule has 2 aromatic rings. The molecule has 7 nitrogen and oxygen atoms in total. The van der Waals surface area contributed by atoms with Gasteiger partial charge in [-0.2, -0.15) is 0 Å². The Hall–Kier alpha value is -3.09. The van der Waals surface area contributed by atoms with E-state index in [0.29, 0.717) is 23.5 Å². The number of para-hydroxylation sites is 1. The second kappa shape index (κ2) is 7.26. The molecule has 0 fully saturated rings. The number of aromatic hydroxyl groups is 2. The van der Waals surface area contributed by atoms with E-state index in [9.17, 15) is 20.3 Å². The van der Waals surface area contributed by atoms with E-state index in [1.807, 2.05) is 6.92 Å². The summed E-state index contributed by atoms with van der Waals surface area (Å²) in [6.07, 6.45) is 1.43. The van der Waals surface area contributed by atoms with Crippen LogP contribution in [0.4, 0.5) is 5.69 Å². The maximum Gasteiger partial charge on any atom is 0.270 e. The van der Waals surface area contributed by atoms with Gasteiger partial charge in [0.25, 0.3) is 5.69 Å². The van der Waals surface area contributed by atoms with Crippen molar-refractivity contribution in [1.82, 2.24) is 0 Å². The SMILES string of the molecule is CCOc1cccc(C=NCc2cc([N+](=O)[O-])ccc2O)c1O. The molecular weight excluding hydrogens is 300 g/mol. The van der Waals surface area contributed by atoms with Crippen LogP contribution in [0.1, 0.15) is 18.1 Å². The summed E-state index contributed by atoms with van der Waals surface area (Å²) < 4.78 is 5.28. The molecule has 0 radical (unpaired) electrons. The molecule has 23 heavy (non-hydrogen) atoms. The van der Waals surface area contributed by atoms with Crippen LogP contribution < -0.4 is 4.74 Å². The second-order valence-electron chi connectivity index (χ2n) is 4.67. The van der Waals surface area contributed by atoms with Gasteiger partial charge in [0.1, 0.15) is 5.75 Å². The van der Waals surface area contributed by atoms with Crippen LogP contribution in [0, 0.1) is 10.1 Å². The van der Waals surface area contributed by atoms with Gasteiger partial charge in [-0.25, -0.2) is 0 Å². The van der Waals surface area contributed by atoms with Crippen molar-refractivity contribution < 1.29 is 19.9 Å². The highest BCUT2D eigenvalue weighted by Crippen LogP contribution is 2.29. The lowest BCUT2D eigenvalue weighted by atomic mass is 10.1. The molecule has 0 bridgehead atoms. The number of nitro groups is 1. The van der Waals surface area contributed by atoms with Gasteiger partial charge in [0, 0.05) is 29.5 Å². The minimum Gasteiger partial charge on any atom is -0.508 e.